The van der Waals surface area contributed by atoms with Crippen LogP contribution in [0.2, 0.25) is 0 Å². The average Bonchev–Trinajstić information content (AvgIpc) is 3.34. The Morgan fingerprint density at radius 2 is 2.13 bits per heavy atom. The predicted molar refractivity (Wildman–Crippen MR) is 110 cm³/mol. The summed E-state index contributed by atoms with van der Waals surface area (Å²) in [7, 11) is 0. The fourth-order valence-electron chi connectivity index (χ4n) is 4.26. The third-order valence-corrected chi connectivity index (χ3v) is 5.71. The van der Waals surface area contributed by atoms with Gasteiger partial charge in [-0.05, 0) is 17.9 Å². The molecular weight excluding hydrogens is 406 g/mol. The third kappa shape index (κ3) is 3.11. The highest BCUT2D eigenvalue weighted by Gasteiger charge is 2.36. The number of alkyl halides is 2. The number of pyridine rings is 1. The summed E-state index contributed by atoms with van der Waals surface area (Å²) in [5.74, 6) is 0.847. The van der Waals surface area contributed by atoms with Crippen molar-refractivity contribution in [3.8, 4) is 28.6 Å². The maximum Gasteiger partial charge on any atom is 0.387 e. The molecule has 5 rings (SSSR count). The van der Waals surface area contributed by atoms with Crippen LogP contribution >= 0.6 is 0 Å². The maximum atomic E-state index is 12.9. The number of fused-ring (bicyclic) bond motifs is 5. The molecule has 0 bridgehead atoms. The Balaban J connectivity index is 1.79. The lowest BCUT2D eigenvalue weighted by atomic mass is 9.80. The van der Waals surface area contributed by atoms with Gasteiger partial charge < -0.3 is 13.7 Å². The van der Waals surface area contributed by atoms with E-state index in [0.717, 1.165) is 5.56 Å². The Morgan fingerprint density at radius 1 is 1.32 bits per heavy atom. The summed E-state index contributed by atoms with van der Waals surface area (Å²) < 4.78 is 38.5. The van der Waals surface area contributed by atoms with Crippen molar-refractivity contribution >= 4 is 11.0 Å². The Morgan fingerprint density at radius 3 is 2.81 bits per heavy atom. The molecule has 1 N–H and O–H groups in total. The SMILES string of the molecule is CC(C)(C)[C@@H]1Cc2c(oc3c(OC(F)F)cccc23)-c2cc(=O)c(-c3ncn[nH]3)cn21. The predicted octanol–water partition coefficient (Wildman–Crippen LogP) is 4.79. The van der Waals surface area contributed by atoms with Crippen molar-refractivity contribution < 1.29 is 17.9 Å². The van der Waals surface area contributed by atoms with Crippen LogP contribution < -0.4 is 10.2 Å². The Labute approximate surface area is 175 Å². The number of furan rings is 1. The van der Waals surface area contributed by atoms with Crippen molar-refractivity contribution in [2.75, 3.05) is 0 Å². The summed E-state index contributed by atoms with van der Waals surface area (Å²) in [5, 5.41) is 7.28. The highest BCUT2D eigenvalue weighted by atomic mass is 19.3. The monoisotopic (exact) mass is 426 g/mol. The van der Waals surface area contributed by atoms with E-state index in [0.29, 0.717) is 34.6 Å². The number of nitrogens with zero attached hydrogens (tertiary/aromatic N) is 3. The van der Waals surface area contributed by atoms with Gasteiger partial charge in [-0.1, -0.05) is 32.9 Å². The molecule has 0 spiro atoms. The van der Waals surface area contributed by atoms with E-state index < -0.39 is 6.61 Å². The summed E-state index contributed by atoms with van der Waals surface area (Å²) in [5.41, 5.74) is 1.71. The van der Waals surface area contributed by atoms with Gasteiger partial charge in [-0.3, -0.25) is 9.89 Å². The van der Waals surface area contributed by atoms with E-state index in [2.05, 4.69) is 40.7 Å². The molecule has 0 aliphatic carbocycles. The summed E-state index contributed by atoms with van der Waals surface area (Å²) in [4.78, 5) is 17.0. The number of ether oxygens (including phenoxy) is 1. The van der Waals surface area contributed by atoms with Crippen molar-refractivity contribution in [2.24, 2.45) is 5.41 Å². The maximum absolute atomic E-state index is 12.9. The van der Waals surface area contributed by atoms with E-state index in [-0.39, 0.29) is 28.2 Å². The van der Waals surface area contributed by atoms with Crippen LogP contribution in [0.1, 0.15) is 32.4 Å². The van der Waals surface area contributed by atoms with Gasteiger partial charge in [0.1, 0.15) is 6.33 Å². The molecule has 1 aliphatic rings. The first-order valence-electron chi connectivity index (χ1n) is 9.85. The molecule has 4 aromatic rings. The second kappa shape index (κ2) is 6.76. The molecule has 0 radical (unpaired) electrons. The van der Waals surface area contributed by atoms with Crippen LogP contribution in [-0.4, -0.2) is 26.4 Å². The number of aromatic amines is 1. The Bertz CT molecular complexity index is 1330. The Hall–Kier alpha value is -3.49. The fourth-order valence-corrected chi connectivity index (χ4v) is 4.26. The molecule has 7 nitrogen and oxygen atoms in total. The molecule has 0 saturated carbocycles. The van der Waals surface area contributed by atoms with Crippen LogP contribution in [0, 0.1) is 5.41 Å². The van der Waals surface area contributed by atoms with Gasteiger partial charge in [0.2, 0.25) is 0 Å². The first-order valence-corrected chi connectivity index (χ1v) is 9.85. The minimum Gasteiger partial charge on any atom is -0.450 e. The summed E-state index contributed by atoms with van der Waals surface area (Å²) in [6, 6.07) is 6.43. The van der Waals surface area contributed by atoms with Gasteiger partial charge in [0.25, 0.3) is 0 Å². The average molecular weight is 426 g/mol. The van der Waals surface area contributed by atoms with Gasteiger partial charge >= 0.3 is 6.61 Å². The molecule has 4 heterocycles. The van der Waals surface area contributed by atoms with E-state index in [1.807, 2.05) is 10.6 Å². The number of para-hydroxylation sites is 1. The fraction of sp³-hybridized carbons (Fsp3) is 0.318. The second-order valence-corrected chi connectivity index (χ2v) is 8.68. The molecule has 0 fully saturated rings. The quantitative estimate of drug-likeness (QED) is 0.509. The van der Waals surface area contributed by atoms with Crippen molar-refractivity contribution in [2.45, 2.75) is 39.8 Å². The van der Waals surface area contributed by atoms with E-state index in [1.165, 1.54) is 18.5 Å². The number of aromatic nitrogens is 4. The number of nitrogens with one attached hydrogen (secondary N) is 1. The molecule has 0 unspecified atom stereocenters. The van der Waals surface area contributed by atoms with Crippen LogP contribution in [0.25, 0.3) is 33.8 Å². The lowest BCUT2D eigenvalue weighted by Crippen LogP contribution is -2.31. The van der Waals surface area contributed by atoms with Gasteiger partial charge in [0, 0.05) is 29.3 Å². The zero-order valence-corrected chi connectivity index (χ0v) is 17.1. The molecule has 0 amide bonds. The van der Waals surface area contributed by atoms with Gasteiger partial charge in [-0.15, -0.1) is 0 Å². The summed E-state index contributed by atoms with van der Waals surface area (Å²) >= 11 is 0. The van der Waals surface area contributed by atoms with Crippen LogP contribution in [-0.2, 0) is 6.42 Å². The summed E-state index contributed by atoms with van der Waals surface area (Å²) in [6.45, 7) is 3.39. The van der Waals surface area contributed by atoms with Crippen LogP contribution in [0.4, 0.5) is 8.78 Å². The largest absolute Gasteiger partial charge is 0.450 e. The van der Waals surface area contributed by atoms with Crippen LogP contribution in [0.5, 0.6) is 5.75 Å². The number of benzene rings is 1. The number of hydrogen-bond donors (Lipinski definition) is 1. The minimum atomic E-state index is -2.96. The zero-order valence-electron chi connectivity index (χ0n) is 17.1. The van der Waals surface area contributed by atoms with Crippen molar-refractivity contribution in [1.82, 2.24) is 19.7 Å². The lowest BCUT2D eigenvalue weighted by Gasteiger charge is -2.37. The topological polar surface area (TPSA) is 85.9 Å². The molecule has 160 valence electrons. The highest BCUT2D eigenvalue weighted by molar-refractivity contribution is 5.92. The molecular formula is C22H20F2N4O3. The van der Waals surface area contributed by atoms with Crippen molar-refractivity contribution in [1.29, 1.82) is 0 Å². The van der Waals surface area contributed by atoms with E-state index in [4.69, 9.17) is 4.42 Å². The third-order valence-electron chi connectivity index (χ3n) is 5.71. The molecule has 1 atom stereocenters. The zero-order chi connectivity index (χ0) is 21.9. The number of hydrogen-bond acceptors (Lipinski definition) is 5. The van der Waals surface area contributed by atoms with Crippen LogP contribution in [0.3, 0.4) is 0 Å². The number of halogens is 2. The van der Waals surface area contributed by atoms with E-state index >= 15 is 0 Å². The van der Waals surface area contributed by atoms with Gasteiger partial charge in [-0.25, -0.2) is 4.98 Å². The molecule has 1 aliphatic heterocycles. The number of rotatable bonds is 3. The molecule has 1 aromatic carbocycles. The molecule has 9 heteroatoms. The normalized spacial score (nSPS) is 15.9. The summed E-state index contributed by atoms with van der Waals surface area (Å²) in [6.07, 6.45) is 3.72. The molecule has 3 aromatic heterocycles. The smallest absolute Gasteiger partial charge is 0.387 e. The molecule has 0 saturated heterocycles. The molecule has 31 heavy (non-hydrogen) atoms. The lowest BCUT2D eigenvalue weighted by molar-refractivity contribution is -0.0493. The van der Waals surface area contributed by atoms with Gasteiger partial charge in [-0.2, -0.15) is 13.9 Å². The highest BCUT2D eigenvalue weighted by Crippen LogP contribution is 2.47. The van der Waals surface area contributed by atoms with E-state index in [1.54, 1.807) is 12.3 Å². The number of H-pyrrole nitrogens is 1. The van der Waals surface area contributed by atoms with E-state index in [9.17, 15) is 13.6 Å². The van der Waals surface area contributed by atoms with Crippen LogP contribution in [0.15, 0.2) is 46.0 Å². The first-order chi connectivity index (χ1) is 14.7. The first kappa shape index (κ1) is 19.5. The van der Waals surface area contributed by atoms with Crippen molar-refractivity contribution in [3.63, 3.8) is 0 Å². The Kier molecular flexibility index (Phi) is 4.25. The van der Waals surface area contributed by atoms with Gasteiger partial charge in [0.15, 0.2) is 28.3 Å². The standard InChI is InChI=1S/C22H20F2N4O3/c1-22(2,3)17-7-12-11-5-4-6-16(30-21(23)24)19(11)31-18(12)14-8-15(29)13(9-28(14)17)20-25-10-26-27-20/h4-6,8-10,17,21H,7H2,1-3H3,(H,25,26,27)/t17-/m0/s1. The van der Waals surface area contributed by atoms with Crippen molar-refractivity contribution in [3.05, 3.63) is 52.6 Å². The second-order valence-electron chi connectivity index (χ2n) is 8.68. The van der Waals surface area contributed by atoms with Gasteiger partial charge in [0.05, 0.1) is 11.3 Å². The minimum absolute atomic E-state index is 0.0160.